The monoisotopic (exact) mass is 411 g/mol. The fourth-order valence-electron chi connectivity index (χ4n) is 3.52. The van der Waals surface area contributed by atoms with E-state index in [1.165, 1.54) is 0 Å². The first-order valence-corrected chi connectivity index (χ1v) is 11.2. The van der Waals surface area contributed by atoms with Crippen LogP contribution in [0.4, 0.5) is 5.82 Å². The lowest BCUT2D eigenvalue weighted by molar-refractivity contribution is 0.383. The number of nitrogens with zero attached hydrogens (tertiary/aromatic N) is 5. The molecule has 29 heavy (non-hydrogen) atoms. The summed E-state index contributed by atoms with van der Waals surface area (Å²) in [5.74, 6) is 2.33. The van der Waals surface area contributed by atoms with Crippen LogP contribution in [0.3, 0.4) is 0 Å². The van der Waals surface area contributed by atoms with Crippen molar-refractivity contribution < 1.29 is 8.42 Å². The number of hydrogen-bond donors (Lipinski definition) is 0. The van der Waals surface area contributed by atoms with Crippen molar-refractivity contribution in [1.82, 2.24) is 18.8 Å². The van der Waals surface area contributed by atoms with E-state index >= 15 is 0 Å². The number of rotatable bonds is 5. The highest BCUT2D eigenvalue weighted by molar-refractivity contribution is 7.89. The molecule has 1 aliphatic heterocycles. The molecule has 152 valence electrons. The summed E-state index contributed by atoms with van der Waals surface area (Å²) in [5.41, 5.74) is 1.13. The Hall–Kier alpha value is -2.71. The van der Waals surface area contributed by atoms with E-state index in [0.717, 1.165) is 23.6 Å². The second-order valence-corrected chi connectivity index (χ2v) is 9.05. The molecule has 0 bridgehead atoms. The zero-order valence-electron chi connectivity index (χ0n) is 16.7. The molecule has 0 amide bonds. The third-order valence-corrected chi connectivity index (χ3v) is 7.12. The normalized spacial score (nSPS) is 15.6. The molecule has 3 heterocycles. The van der Waals surface area contributed by atoms with E-state index < -0.39 is 10.0 Å². The second-order valence-electron chi connectivity index (χ2n) is 7.11. The molecule has 1 aliphatic rings. The van der Waals surface area contributed by atoms with Crippen LogP contribution in [0.1, 0.15) is 18.3 Å². The van der Waals surface area contributed by atoms with E-state index in [4.69, 9.17) is 0 Å². The molecule has 8 heteroatoms. The molecule has 1 saturated heterocycles. The highest BCUT2D eigenvalue weighted by Gasteiger charge is 2.29. The van der Waals surface area contributed by atoms with Crippen LogP contribution in [0.5, 0.6) is 0 Å². The van der Waals surface area contributed by atoms with Crippen molar-refractivity contribution in [3.63, 3.8) is 0 Å². The van der Waals surface area contributed by atoms with Gasteiger partial charge >= 0.3 is 0 Å². The highest BCUT2D eigenvalue weighted by atomic mass is 32.2. The molecule has 0 radical (unpaired) electrons. The Bertz CT molecular complexity index is 1070. The molecule has 0 aliphatic carbocycles. The van der Waals surface area contributed by atoms with Gasteiger partial charge in [-0.1, -0.05) is 19.1 Å². The van der Waals surface area contributed by atoms with Gasteiger partial charge in [-0.2, -0.15) is 4.31 Å². The summed E-state index contributed by atoms with van der Waals surface area (Å²) in [6, 6.07) is 13.0. The van der Waals surface area contributed by atoms with Crippen LogP contribution in [-0.2, 0) is 16.4 Å². The fourth-order valence-corrected chi connectivity index (χ4v) is 4.94. The molecule has 0 atom stereocenters. The second kappa shape index (κ2) is 7.96. The maximum Gasteiger partial charge on any atom is 0.243 e. The summed E-state index contributed by atoms with van der Waals surface area (Å²) >= 11 is 0. The molecular formula is C21H25N5O2S. The minimum atomic E-state index is -3.47. The van der Waals surface area contributed by atoms with Crippen LogP contribution in [0.15, 0.2) is 59.8 Å². The summed E-state index contributed by atoms with van der Waals surface area (Å²) in [7, 11) is -3.47. The fraction of sp³-hybridized carbons (Fsp3) is 0.333. The van der Waals surface area contributed by atoms with Gasteiger partial charge in [-0.15, -0.1) is 0 Å². The topological polar surface area (TPSA) is 71.3 Å². The minimum Gasteiger partial charge on any atom is -0.354 e. The van der Waals surface area contributed by atoms with Crippen LogP contribution >= 0.6 is 0 Å². The molecular weight excluding hydrogens is 386 g/mol. The highest BCUT2D eigenvalue weighted by Crippen LogP contribution is 2.22. The zero-order valence-corrected chi connectivity index (χ0v) is 17.5. The lowest BCUT2D eigenvalue weighted by atomic mass is 10.2. The van der Waals surface area contributed by atoms with E-state index in [0.29, 0.717) is 36.9 Å². The van der Waals surface area contributed by atoms with Crippen molar-refractivity contribution in [2.45, 2.75) is 25.2 Å². The minimum absolute atomic E-state index is 0.357. The molecule has 3 aromatic rings. The van der Waals surface area contributed by atoms with Crippen molar-refractivity contribution in [1.29, 1.82) is 0 Å². The van der Waals surface area contributed by atoms with Gasteiger partial charge in [0, 0.05) is 44.6 Å². The Morgan fingerprint density at radius 1 is 0.931 bits per heavy atom. The number of hydrogen-bond acceptors (Lipinski definition) is 5. The molecule has 0 N–H and O–H groups in total. The SMILES string of the molecule is CCc1ccc(S(=O)(=O)N2CCN(c3cc(-n4cccc4)nc(C)n3)CC2)cc1. The number of piperazine rings is 1. The summed E-state index contributed by atoms with van der Waals surface area (Å²) in [6.45, 7) is 5.97. The zero-order chi connectivity index (χ0) is 20.4. The Balaban J connectivity index is 1.49. The molecule has 2 aromatic heterocycles. The van der Waals surface area contributed by atoms with E-state index in [9.17, 15) is 8.42 Å². The number of aromatic nitrogens is 3. The number of sulfonamides is 1. The summed E-state index contributed by atoms with van der Waals surface area (Å²) in [4.78, 5) is 11.5. The van der Waals surface area contributed by atoms with E-state index in [2.05, 4.69) is 21.8 Å². The number of aryl methyl sites for hydroxylation is 2. The van der Waals surface area contributed by atoms with Crippen molar-refractivity contribution in [3.8, 4) is 5.82 Å². The van der Waals surface area contributed by atoms with E-state index in [-0.39, 0.29) is 0 Å². The van der Waals surface area contributed by atoms with Crippen molar-refractivity contribution in [2.75, 3.05) is 31.1 Å². The van der Waals surface area contributed by atoms with Gasteiger partial charge in [0.25, 0.3) is 0 Å². The largest absolute Gasteiger partial charge is 0.354 e. The first-order valence-electron chi connectivity index (χ1n) is 9.80. The van der Waals surface area contributed by atoms with Gasteiger partial charge in [-0.05, 0) is 43.2 Å². The predicted octanol–water partition coefficient (Wildman–Crippen LogP) is 2.65. The Kier molecular flexibility index (Phi) is 5.38. The van der Waals surface area contributed by atoms with Crippen molar-refractivity contribution in [3.05, 3.63) is 66.2 Å². The standard InChI is InChI=1S/C21H25N5O2S/c1-3-18-6-8-19(9-7-18)29(27,28)26-14-12-25(13-15-26)21-16-20(22-17(2)23-21)24-10-4-5-11-24/h4-11,16H,3,12-15H2,1-2H3. The summed E-state index contributed by atoms with van der Waals surface area (Å²) < 4.78 is 29.4. The van der Waals surface area contributed by atoms with Crippen LogP contribution in [0, 0.1) is 6.92 Å². The molecule has 0 saturated carbocycles. The molecule has 4 rings (SSSR count). The van der Waals surface area contributed by atoms with Crippen molar-refractivity contribution in [2.24, 2.45) is 0 Å². The van der Waals surface area contributed by atoms with Crippen LogP contribution in [-0.4, -0.2) is 53.4 Å². The van der Waals surface area contributed by atoms with E-state index in [1.807, 2.05) is 54.2 Å². The van der Waals surface area contributed by atoms with E-state index in [1.54, 1.807) is 16.4 Å². The maximum atomic E-state index is 13.0. The van der Waals surface area contributed by atoms with Gasteiger partial charge < -0.3 is 9.47 Å². The molecule has 1 aromatic carbocycles. The van der Waals surface area contributed by atoms with Gasteiger partial charge in [0.2, 0.25) is 10.0 Å². The molecule has 1 fully saturated rings. The third-order valence-electron chi connectivity index (χ3n) is 5.21. The van der Waals surface area contributed by atoms with Crippen LogP contribution in [0.2, 0.25) is 0 Å². The summed E-state index contributed by atoms with van der Waals surface area (Å²) in [5, 5.41) is 0. The van der Waals surface area contributed by atoms with Gasteiger partial charge in [0.15, 0.2) is 0 Å². The maximum absolute atomic E-state index is 13.0. The Morgan fingerprint density at radius 3 is 2.17 bits per heavy atom. The van der Waals surface area contributed by atoms with Gasteiger partial charge in [0.05, 0.1) is 4.90 Å². The number of benzene rings is 1. The average molecular weight is 412 g/mol. The van der Waals surface area contributed by atoms with Gasteiger partial charge in [-0.3, -0.25) is 0 Å². The third kappa shape index (κ3) is 4.04. The van der Waals surface area contributed by atoms with Crippen LogP contribution in [0.25, 0.3) is 5.82 Å². The lowest BCUT2D eigenvalue weighted by Gasteiger charge is -2.34. The Labute approximate surface area is 171 Å². The first kappa shape index (κ1) is 19.6. The van der Waals surface area contributed by atoms with Gasteiger partial charge in [0.1, 0.15) is 17.5 Å². The average Bonchev–Trinajstić information content (AvgIpc) is 3.28. The molecule has 0 unspecified atom stereocenters. The van der Waals surface area contributed by atoms with Crippen molar-refractivity contribution >= 4 is 15.8 Å². The van der Waals surface area contributed by atoms with Crippen LogP contribution < -0.4 is 4.90 Å². The smallest absolute Gasteiger partial charge is 0.243 e. The number of anilines is 1. The summed E-state index contributed by atoms with van der Waals surface area (Å²) in [6.07, 6.45) is 4.78. The van der Waals surface area contributed by atoms with Gasteiger partial charge in [-0.25, -0.2) is 18.4 Å². The molecule has 0 spiro atoms. The quantitative estimate of drug-likeness (QED) is 0.645. The Morgan fingerprint density at radius 2 is 1.55 bits per heavy atom. The first-order chi connectivity index (χ1) is 14.0. The molecule has 7 nitrogen and oxygen atoms in total. The predicted molar refractivity (Wildman–Crippen MR) is 113 cm³/mol. The lowest BCUT2D eigenvalue weighted by Crippen LogP contribution is -2.49.